The zero-order chi connectivity index (χ0) is 35.6. The van der Waals surface area contributed by atoms with Crippen LogP contribution >= 0.6 is 34.0 Å². The number of aliphatic hydroxyl groups is 1. The van der Waals surface area contributed by atoms with Crippen LogP contribution in [-0.4, -0.2) is 22.2 Å². The smallest absolute Gasteiger partial charge is 0.162 e. The molecule has 0 saturated carbocycles. The summed E-state index contributed by atoms with van der Waals surface area (Å²) in [5, 5.41) is 18.3. The van der Waals surface area contributed by atoms with E-state index in [2.05, 4.69) is 71.9 Å². The van der Waals surface area contributed by atoms with E-state index in [0.29, 0.717) is 5.92 Å². The number of rotatable bonds is 10. The maximum absolute atomic E-state index is 11.7. The van der Waals surface area contributed by atoms with Gasteiger partial charge in [0.25, 0.3) is 0 Å². The number of hydrogen-bond acceptors (Lipinski definition) is 7. The van der Waals surface area contributed by atoms with Gasteiger partial charge in [-0.3, -0.25) is 4.79 Å². The summed E-state index contributed by atoms with van der Waals surface area (Å²) in [5.41, 5.74) is 4.99. The predicted molar refractivity (Wildman–Crippen MR) is 215 cm³/mol. The van der Waals surface area contributed by atoms with Gasteiger partial charge in [-0.2, -0.15) is 17.7 Å². The van der Waals surface area contributed by atoms with E-state index in [9.17, 15) is 9.90 Å². The van der Waals surface area contributed by atoms with Crippen LogP contribution in [0.2, 0.25) is 0 Å². The predicted octanol–water partition coefficient (Wildman–Crippen LogP) is 13.3. The van der Waals surface area contributed by atoms with E-state index in [1.807, 2.05) is 39.0 Å². The summed E-state index contributed by atoms with van der Waals surface area (Å²) in [6, 6.07) is 12.7. The van der Waals surface area contributed by atoms with Gasteiger partial charge < -0.3 is 15.4 Å². The van der Waals surface area contributed by atoms with Gasteiger partial charge in [-0.05, 0) is 73.0 Å². The molecule has 3 aromatic heterocycles. The van der Waals surface area contributed by atoms with Crippen LogP contribution < -0.4 is 0 Å². The number of fused-ring (bicyclic) bond motifs is 6. The van der Waals surface area contributed by atoms with E-state index in [4.69, 9.17) is 15.3 Å². The number of ketones is 1. The Kier molecular flexibility index (Phi) is 13.7. The average Bonchev–Trinajstić information content (AvgIpc) is 3.71. The minimum atomic E-state index is -0.0721. The maximum atomic E-state index is 11.7. The molecule has 1 aliphatic heterocycles. The van der Waals surface area contributed by atoms with Crippen LogP contribution in [0, 0.1) is 30.7 Å². The Morgan fingerprint density at radius 1 is 1.02 bits per heavy atom. The van der Waals surface area contributed by atoms with Crippen molar-refractivity contribution in [2.45, 2.75) is 113 Å². The number of allylic oxidation sites excluding steroid dienone is 2. The SMILES string of the molecule is CCC(CC)C(=O)/C=C(\O)C(CC)CC.Cc1nc2sc3[c-]c(C4[N-]C=Nc5c4sc4c(CC(C)C)cccc54)cc(C(C)(C)C)c3c2s1.[Ir]. The Bertz CT molecular complexity index is 2000. The van der Waals surface area contributed by atoms with Crippen LogP contribution in [0.3, 0.4) is 0 Å². The minimum absolute atomic E-state index is 0. The van der Waals surface area contributed by atoms with Crippen molar-refractivity contribution in [3.8, 4) is 0 Å². The van der Waals surface area contributed by atoms with Gasteiger partial charge in [0, 0.05) is 52.3 Å². The van der Waals surface area contributed by atoms with Crippen molar-refractivity contribution in [2.24, 2.45) is 22.7 Å². The van der Waals surface area contributed by atoms with Crippen LogP contribution in [0.25, 0.3) is 35.0 Å². The number of thiazole rings is 1. The number of thiophene rings is 2. The fourth-order valence-corrected chi connectivity index (χ4v) is 10.3. The van der Waals surface area contributed by atoms with Gasteiger partial charge in [0.2, 0.25) is 0 Å². The van der Waals surface area contributed by atoms with Crippen LogP contribution in [0.1, 0.15) is 121 Å². The van der Waals surface area contributed by atoms with E-state index >= 15 is 0 Å². The summed E-state index contributed by atoms with van der Waals surface area (Å²) in [6.07, 6.45) is 7.73. The number of carbonyl (C=O) groups is 1. The van der Waals surface area contributed by atoms with Gasteiger partial charge in [-0.25, -0.2) is 4.98 Å². The summed E-state index contributed by atoms with van der Waals surface area (Å²) in [4.78, 5) is 23.6. The molecule has 1 unspecified atom stereocenters. The molecule has 0 bridgehead atoms. The van der Waals surface area contributed by atoms with Crippen molar-refractivity contribution < 1.29 is 30.0 Å². The zero-order valence-corrected chi connectivity index (χ0v) is 35.9. The monoisotopic (exact) mass is 906 g/mol. The third-order valence-corrected chi connectivity index (χ3v) is 12.9. The molecule has 1 atom stereocenters. The minimum Gasteiger partial charge on any atom is -0.512 e. The van der Waals surface area contributed by atoms with Gasteiger partial charge in [0.15, 0.2) is 5.78 Å². The summed E-state index contributed by atoms with van der Waals surface area (Å²) in [7, 11) is 0. The fourth-order valence-electron chi connectivity index (χ4n) is 6.68. The Balaban J connectivity index is 0.000000301. The molecule has 0 aliphatic carbocycles. The summed E-state index contributed by atoms with van der Waals surface area (Å²) in [6.45, 7) is 21.6. The molecule has 6 rings (SSSR count). The molecule has 0 saturated heterocycles. The molecule has 1 radical (unpaired) electrons. The zero-order valence-electron chi connectivity index (χ0n) is 31.1. The summed E-state index contributed by atoms with van der Waals surface area (Å²) in [5.74, 6) is 1.16. The Hall–Kier alpha value is -2.42. The number of carbonyl (C=O) groups excluding carboxylic acids is 1. The quantitative estimate of drug-likeness (QED) is 0.0862. The first-order valence-corrected chi connectivity index (χ1v) is 20.2. The number of aromatic nitrogens is 1. The van der Waals surface area contributed by atoms with Gasteiger partial charge in [0.05, 0.1) is 10.8 Å². The number of benzene rings is 2. The Morgan fingerprint density at radius 3 is 2.32 bits per heavy atom. The molecule has 0 amide bonds. The molecule has 1 aliphatic rings. The first-order chi connectivity index (χ1) is 23.3. The largest absolute Gasteiger partial charge is 0.512 e. The molecule has 2 aromatic carbocycles. The third kappa shape index (κ3) is 8.44. The number of aliphatic imine (C=N–C) groups is 1. The van der Waals surface area contributed by atoms with Crippen molar-refractivity contribution in [3.05, 3.63) is 74.1 Å². The van der Waals surface area contributed by atoms with Gasteiger partial charge in [0.1, 0.15) is 4.83 Å². The van der Waals surface area contributed by atoms with Crippen molar-refractivity contribution in [2.75, 3.05) is 0 Å². The molecule has 4 heterocycles. The van der Waals surface area contributed by atoms with Crippen LogP contribution in [-0.2, 0) is 36.7 Å². The standard InChI is InChI=1S/C28H27N3S3.C13H24O2.Ir/c1-14(2)10-16-8-7-9-18-23-26(34-24(16)18)22(29-13-30-23)17-11-19(28(4,5)6)21-20(12-17)33-27-25(21)32-15(3)31-27;1-5-10(6-2)12(14)9-13(15)11(7-3)8-4;/h7-9,11,13-14,22H,10H2,1-6H3;9-11,14H,5-8H2,1-4H3;/q-2;;/b;12-9-;. The molecular weight excluding hydrogens is 855 g/mol. The number of aliphatic hydroxyl groups excluding tert-OH is 1. The topological polar surface area (TPSA) is 76.6 Å². The molecule has 9 heteroatoms. The maximum Gasteiger partial charge on any atom is 0.162 e. The van der Waals surface area contributed by atoms with E-state index < -0.39 is 0 Å². The fraction of sp³-hybridized carbons (Fsp3) is 0.488. The van der Waals surface area contributed by atoms with E-state index in [1.165, 1.54) is 47.0 Å². The Morgan fingerprint density at radius 2 is 1.70 bits per heavy atom. The average molecular weight is 906 g/mol. The molecule has 5 nitrogen and oxygen atoms in total. The molecule has 0 fully saturated rings. The molecule has 0 spiro atoms. The van der Waals surface area contributed by atoms with E-state index in [0.717, 1.165) is 53.2 Å². The molecule has 1 N–H and O–H groups in total. The van der Waals surface area contributed by atoms with Gasteiger partial charge in [-0.1, -0.05) is 90.6 Å². The first kappa shape index (κ1) is 40.4. The first-order valence-electron chi connectivity index (χ1n) is 17.8. The number of hydrogen-bond donors (Lipinski definition) is 1. The third-order valence-electron chi connectivity index (χ3n) is 9.44. The Labute approximate surface area is 324 Å². The second-order valence-corrected chi connectivity index (χ2v) is 17.8. The normalized spacial score (nSPS) is 14.7. The number of aryl methyl sites for hydroxylation is 1. The molecule has 5 aromatic rings. The molecule has 271 valence electrons. The van der Waals surface area contributed by atoms with Crippen molar-refractivity contribution >= 4 is 81.5 Å². The second-order valence-electron chi connectivity index (χ2n) is 14.6. The van der Waals surface area contributed by atoms with Crippen molar-refractivity contribution in [3.63, 3.8) is 0 Å². The van der Waals surface area contributed by atoms with Crippen LogP contribution in [0.15, 0.2) is 41.1 Å². The van der Waals surface area contributed by atoms with E-state index in [-0.39, 0.29) is 54.9 Å². The van der Waals surface area contributed by atoms with Crippen LogP contribution in [0.4, 0.5) is 5.69 Å². The second kappa shape index (κ2) is 16.9. The van der Waals surface area contributed by atoms with Gasteiger partial charge in [-0.15, -0.1) is 45.9 Å². The molecule has 50 heavy (non-hydrogen) atoms. The van der Waals surface area contributed by atoms with Gasteiger partial charge >= 0.3 is 0 Å². The summed E-state index contributed by atoms with van der Waals surface area (Å²) < 4.78 is 3.85. The van der Waals surface area contributed by atoms with Crippen molar-refractivity contribution in [1.29, 1.82) is 0 Å². The van der Waals surface area contributed by atoms with E-state index in [1.54, 1.807) is 29.0 Å². The molecular formula is C41H51IrN3O2S3-2. The van der Waals surface area contributed by atoms with Crippen LogP contribution in [0.5, 0.6) is 0 Å². The van der Waals surface area contributed by atoms with Crippen molar-refractivity contribution in [1.82, 2.24) is 4.98 Å². The number of nitrogens with zero attached hydrogens (tertiary/aromatic N) is 3. The summed E-state index contributed by atoms with van der Waals surface area (Å²) >= 11 is 5.42.